The number of carbonyl (C=O) groups is 1. The molecule has 0 spiro atoms. The lowest BCUT2D eigenvalue weighted by atomic mass is 10.1. The molecule has 1 aliphatic rings. The molecule has 2 nitrogen and oxygen atoms in total. The van der Waals surface area contributed by atoms with Crippen LogP contribution >= 0.6 is 0 Å². The molecule has 2 heteroatoms. The number of rotatable bonds is 1. The van der Waals surface area contributed by atoms with E-state index in [1.54, 1.807) is 0 Å². The molecule has 2 N–H and O–H groups in total. The highest BCUT2D eigenvalue weighted by molar-refractivity contribution is 5.57. The summed E-state index contributed by atoms with van der Waals surface area (Å²) in [5.41, 5.74) is 5.46. The molecular formula is C6H9NO. The second-order valence-corrected chi connectivity index (χ2v) is 2.08. The molecule has 8 heavy (non-hydrogen) atoms. The van der Waals surface area contributed by atoms with Crippen LogP contribution in [0.4, 0.5) is 0 Å². The Balaban J connectivity index is 2.45. The lowest BCUT2D eigenvalue weighted by molar-refractivity contribution is -0.109. The molecule has 1 aliphatic carbocycles. The van der Waals surface area contributed by atoms with Crippen molar-refractivity contribution >= 4 is 6.29 Å². The fourth-order valence-electron chi connectivity index (χ4n) is 0.858. The molecular weight excluding hydrogens is 102 g/mol. The van der Waals surface area contributed by atoms with Gasteiger partial charge in [-0.3, -0.25) is 0 Å². The summed E-state index contributed by atoms with van der Waals surface area (Å²) in [5.74, 6) is 0.0880. The van der Waals surface area contributed by atoms with E-state index in [9.17, 15) is 4.79 Å². The van der Waals surface area contributed by atoms with Crippen LogP contribution in [0.15, 0.2) is 12.2 Å². The highest BCUT2D eigenvalue weighted by Gasteiger charge is 2.13. The Morgan fingerprint density at radius 3 is 2.62 bits per heavy atom. The van der Waals surface area contributed by atoms with Crippen LogP contribution in [0.3, 0.4) is 0 Å². The zero-order valence-electron chi connectivity index (χ0n) is 4.58. The number of nitrogens with two attached hydrogens (primary N) is 1. The predicted molar refractivity (Wildman–Crippen MR) is 31.3 cm³/mol. The van der Waals surface area contributed by atoms with E-state index in [0.29, 0.717) is 0 Å². The maximum Gasteiger partial charge on any atom is 0.126 e. The summed E-state index contributed by atoms with van der Waals surface area (Å²) in [6.45, 7) is 0. The molecule has 1 rings (SSSR count). The monoisotopic (exact) mass is 111 g/mol. The molecule has 0 saturated carbocycles. The summed E-state index contributed by atoms with van der Waals surface area (Å²) in [6, 6.07) is 0.116. The van der Waals surface area contributed by atoms with Gasteiger partial charge in [-0.15, -0.1) is 0 Å². The van der Waals surface area contributed by atoms with Gasteiger partial charge in [0.25, 0.3) is 0 Å². The maximum atomic E-state index is 10.0. The third-order valence-electron chi connectivity index (χ3n) is 1.32. The number of hydrogen-bond acceptors (Lipinski definition) is 2. The molecule has 0 saturated heterocycles. The van der Waals surface area contributed by atoms with Crippen LogP contribution in [-0.4, -0.2) is 12.3 Å². The molecule has 0 unspecified atom stereocenters. The van der Waals surface area contributed by atoms with Crippen molar-refractivity contribution < 1.29 is 4.79 Å². The molecule has 0 bridgehead atoms. The molecule has 0 amide bonds. The second-order valence-electron chi connectivity index (χ2n) is 2.08. The Bertz CT molecular complexity index is 120. The number of hydrogen-bond donors (Lipinski definition) is 1. The van der Waals surface area contributed by atoms with Gasteiger partial charge in [0, 0.05) is 12.0 Å². The average Bonchev–Trinajstić information content (AvgIpc) is 2.14. The topological polar surface area (TPSA) is 43.1 Å². The molecule has 0 aromatic heterocycles. The van der Waals surface area contributed by atoms with E-state index in [4.69, 9.17) is 5.73 Å². The zero-order chi connectivity index (χ0) is 5.98. The highest BCUT2D eigenvalue weighted by atomic mass is 16.1. The van der Waals surface area contributed by atoms with Crippen molar-refractivity contribution in [3.63, 3.8) is 0 Å². The van der Waals surface area contributed by atoms with Gasteiger partial charge in [0.1, 0.15) is 6.29 Å². The summed E-state index contributed by atoms with van der Waals surface area (Å²) in [6.07, 6.45) is 5.46. The minimum Gasteiger partial charge on any atom is -0.324 e. The van der Waals surface area contributed by atoms with Crippen LogP contribution in [0.2, 0.25) is 0 Å². The molecule has 44 valence electrons. The van der Waals surface area contributed by atoms with Crippen LogP contribution in [-0.2, 0) is 4.79 Å². The first-order valence-electron chi connectivity index (χ1n) is 2.72. The second kappa shape index (κ2) is 2.09. The first kappa shape index (κ1) is 5.51. The minimum absolute atomic E-state index is 0.0880. The van der Waals surface area contributed by atoms with Crippen molar-refractivity contribution in [3.8, 4) is 0 Å². The van der Waals surface area contributed by atoms with Crippen molar-refractivity contribution in [1.29, 1.82) is 0 Å². The Kier molecular flexibility index (Phi) is 1.44. The van der Waals surface area contributed by atoms with E-state index in [2.05, 4.69) is 0 Å². The first-order valence-corrected chi connectivity index (χ1v) is 2.72. The first-order chi connectivity index (χ1) is 3.83. The Hall–Kier alpha value is -0.630. The van der Waals surface area contributed by atoms with Gasteiger partial charge in [0.05, 0.1) is 0 Å². The lowest BCUT2D eigenvalue weighted by Crippen LogP contribution is -2.14. The predicted octanol–water partition coefficient (Wildman–Crippen LogP) is 0.0887. The van der Waals surface area contributed by atoms with E-state index >= 15 is 0 Å². The maximum absolute atomic E-state index is 10.0. The van der Waals surface area contributed by atoms with Crippen molar-refractivity contribution in [2.75, 3.05) is 0 Å². The van der Waals surface area contributed by atoms with Gasteiger partial charge in [-0.1, -0.05) is 12.2 Å². The number of allylic oxidation sites excluding steroid dienone is 1. The average molecular weight is 111 g/mol. The van der Waals surface area contributed by atoms with Crippen molar-refractivity contribution in [3.05, 3.63) is 12.2 Å². The van der Waals surface area contributed by atoms with Gasteiger partial charge < -0.3 is 10.5 Å². The van der Waals surface area contributed by atoms with Gasteiger partial charge >= 0.3 is 0 Å². The van der Waals surface area contributed by atoms with Gasteiger partial charge in [-0.25, -0.2) is 0 Å². The SMILES string of the molecule is N[C@@H]1C=C[C@H](C=O)C1. The normalized spacial score (nSPS) is 35.6. The zero-order valence-corrected chi connectivity index (χ0v) is 4.58. The van der Waals surface area contributed by atoms with E-state index in [-0.39, 0.29) is 12.0 Å². The molecule has 0 aromatic carbocycles. The van der Waals surface area contributed by atoms with Crippen LogP contribution in [0.5, 0.6) is 0 Å². The molecule has 0 heterocycles. The third-order valence-corrected chi connectivity index (χ3v) is 1.32. The fourth-order valence-corrected chi connectivity index (χ4v) is 0.858. The van der Waals surface area contributed by atoms with Gasteiger partial charge in [0.2, 0.25) is 0 Å². The Labute approximate surface area is 48.4 Å². The summed E-state index contributed by atoms with van der Waals surface area (Å²) in [5, 5.41) is 0. The molecule has 2 atom stereocenters. The summed E-state index contributed by atoms with van der Waals surface area (Å²) < 4.78 is 0. The standard InChI is InChI=1S/C6H9NO/c7-6-2-1-5(3-6)4-8/h1-2,4-6H,3,7H2/t5-,6+/m0/s1. The molecule has 0 fully saturated rings. The molecule has 0 aliphatic heterocycles. The van der Waals surface area contributed by atoms with Crippen LogP contribution in [0.1, 0.15) is 6.42 Å². The number of carbonyl (C=O) groups excluding carboxylic acids is 1. The summed E-state index contributed by atoms with van der Waals surface area (Å²) >= 11 is 0. The number of aldehydes is 1. The van der Waals surface area contributed by atoms with E-state index in [0.717, 1.165) is 12.7 Å². The molecule has 0 aromatic rings. The third kappa shape index (κ3) is 0.954. The van der Waals surface area contributed by atoms with E-state index < -0.39 is 0 Å². The van der Waals surface area contributed by atoms with Crippen molar-refractivity contribution in [2.24, 2.45) is 11.7 Å². The molecule has 0 radical (unpaired) electrons. The highest BCUT2D eigenvalue weighted by Crippen LogP contribution is 2.12. The minimum atomic E-state index is 0.0880. The van der Waals surface area contributed by atoms with Gasteiger partial charge in [-0.05, 0) is 6.42 Å². The van der Waals surface area contributed by atoms with Crippen molar-refractivity contribution in [1.82, 2.24) is 0 Å². The summed E-state index contributed by atoms with van der Waals surface area (Å²) in [4.78, 5) is 10.0. The lowest BCUT2D eigenvalue weighted by Gasteiger charge is -1.97. The fraction of sp³-hybridized carbons (Fsp3) is 0.500. The van der Waals surface area contributed by atoms with E-state index in [1.165, 1.54) is 0 Å². The van der Waals surface area contributed by atoms with Crippen LogP contribution in [0, 0.1) is 5.92 Å². The van der Waals surface area contributed by atoms with Gasteiger partial charge in [0.15, 0.2) is 0 Å². The van der Waals surface area contributed by atoms with Crippen molar-refractivity contribution in [2.45, 2.75) is 12.5 Å². The largest absolute Gasteiger partial charge is 0.324 e. The van der Waals surface area contributed by atoms with Crippen LogP contribution in [0.25, 0.3) is 0 Å². The van der Waals surface area contributed by atoms with Gasteiger partial charge in [-0.2, -0.15) is 0 Å². The Morgan fingerprint density at radius 2 is 2.38 bits per heavy atom. The van der Waals surface area contributed by atoms with Crippen LogP contribution < -0.4 is 5.73 Å². The smallest absolute Gasteiger partial charge is 0.126 e. The quantitative estimate of drug-likeness (QED) is 0.385. The Morgan fingerprint density at radius 1 is 1.62 bits per heavy atom. The van der Waals surface area contributed by atoms with E-state index in [1.807, 2.05) is 12.2 Å². The summed E-state index contributed by atoms with van der Waals surface area (Å²) in [7, 11) is 0.